The van der Waals surface area contributed by atoms with Crippen molar-refractivity contribution in [3.63, 3.8) is 0 Å². The molecule has 1 aliphatic rings. The Labute approximate surface area is 234 Å². The van der Waals surface area contributed by atoms with Crippen LogP contribution in [0, 0.1) is 0 Å². The third kappa shape index (κ3) is 9.16. The second kappa shape index (κ2) is 15.5. The summed E-state index contributed by atoms with van der Waals surface area (Å²) in [6.07, 6.45) is -0.456. The summed E-state index contributed by atoms with van der Waals surface area (Å²) in [7, 11) is 3.82. The molecule has 1 heterocycles. The van der Waals surface area contributed by atoms with Gasteiger partial charge in [0, 0.05) is 34.3 Å². The van der Waals surface area contributed by atoms with E-state index in [1.54, 1.807) is 42.8 Å². The van der Waals surface area contributed by atoms with E-state index in [0.717, 1.165) is 41.7 Å². The molecule has 4 N–H and O–H groups in total. The third-order valence-electron chi connectivity index (χ3n) is 5.92. The fraction of sp³-hybridized carbons (Fsp3) is 0.345. The second-order valence-electron chi connectivity index (χ2n) is 8.63. The predicted octanol–water partition coefficient (Wildman–Crippen LogP) is 6.00. The Morgan fingerprint density at radius 3 is 2.45 bits per heavy atom. The van der Waals surface area contributed by atoms with Gasteiger partial charge in [0.2, 0.25) is 0 Å². The molecule has 4 rings (SSSR count). The Balaban J connectivity index is 0.000000260. The first-order valence-corrected chi connectivity index (χ1v) is 14.6. The Morgan fingerprint density at radius 2 is 1.82 bits per heavy atom. The lowest BCUT2D eigenvalue weighted by Gasteiger charge is -2.14. The van der Waals surface area contributed by atoms with Crippen LogP contribution in [-0.2, 0) is 4.79 Å². The molecule has 0 fully saturated rings. The first kappa shape index (κ1) is 29.7. The van der Waals surface area contributed by atoms with E-state index in [2.05, 4.69) is 59.9 Å². The first-order chi connectivity index (χ1) is 18.4. The van der Waals surface area contributed by atoms with Crippen LogP contribution in [0.4, 0.5) is 17.1 Å². The van der Waals surface area contributed by atoms with Crippen molar-refractivity contribution in [1.82, 2.24) is 4.90 Å². The maximum absolute atomic E-state index is 10.3. The van der Waals surface area contributed by atoms with E-state index in [1.807, 2.05) is 36.4 Å². The normalized spacial score (nSPS) is 14.5. The maximum atomic E-state index is 10.3. The number of nitrogens with zero attached hydrogens (tertiary/aromatic N) is 1. The van der Waals surface area contributed by atoms with E-state index in [0.29, 0.717) is 11.8 Å². The summed E-state index contributed by atoms with van der Waals surface area (Å²) in [6.45, 7) is 7.33. The smallest absolute Gasteiger partial charge is 0.153 e. The Kier molecular flexibility index (Phi) is 12.1. The van der Waals surface area contributed by atoms with E-state index >= 15 is 0 Å². The summed E-state index contributed by atoms with van der Waals surface area (Å²) >= 11 is 3.53. The van der Waals surface area contributed by atoms with Crippen molar-refractivity contribution in [1.29, 1.82) is 0 Å². The van der Waals surface area contributed by atoms with Gasteiger partial charge in [-0.2, -0.15) is 0 Å². The van der Waals surface area contributed by atoms with Crippen molar-refractivity contribution in [3.8, 4) is 5.75 Å². The molecule has 0 saturated carbocycles. The average molecular weight is 555 g/mol. The number of methoxy groups -OCH3 is 1. The van der Waals surface area contributed by atoms with Crippen LogP contribution in [0.15, 0.2) is 76.5 Å². The van der Waals surface area contributed by atoms with Crippen LogP contribution >= 0.6 is 23.5 Å². The minimum absolute atomic E-state index is 0.130. The number of ether oxygens (including phenoxy) is 1. The van der Waals surface area contributed by atoms with E-state index in [9.17, 15) is 9.90 Å². The Hall–Kier alpha value is -2.85. The number of aliphatic hydroxyl groups is 1. The molecule has 7 nitrogen and oxygen atoms in total. The van der Waals surface area contributed by atoms with Crippen LogP contribution in [0.5, 0.6) is 5.75 Å². The van der Waals surface area contributed by atoms with Gasteiger partial charge in [0.25, 0.3) is 0 Å². The van der Waals surface area contributed by atoms with Gasteiger partial charge in [-0.15, -0.1) is 11.8 Å². The zero-order valence-corrected chi connectivity index (χ0v) is 24.1. The molecular weight excluding hydrogens is 516 g/mol. The standard InChI is InChI=1S/C19H26N4OS.C10H12O2S/c1-4-23(2)12-11-20-15-7-10-17-18(13-15)25-19(22-17)21-14-5-8-16(24-3)9-6-14;1-2-13-9-5-3-8(4-6-9)10(12)7-11/h5-10,13,19-22H,4,11-12H2,1-3H3;3-7,10,12H,2H2,1H3. The van der Waals surface area contributed by atoms with Crippen LogP contribution < -0.4 is 20.7 Å². The topological polar surface area (TPSA) is 85.9 Å². The molecule has 38 heavy (non-hydrogen) atoms. The number of thioether (sulfide) groups is 2. The van der Waals surface area contributed by atoms with E-state index < -0.39 is 6.10 Å². The average Bonchev–Trinajstić information content (AvgIpc) is 3.35. The number of fused-ring (bicyclic) bond motifs is 1. The highest BCUT2D eigenvalue weighted by Gasteiger charge is 2.21. The van der Waals surface area contributed by atoms with Gasteiger partial charge in [-0.3, -0.25) is 0 Å². The molecule has 2 unspecified atom stereocenters. The molecule has 0 aliphatic carbocycles. The van der Waals surface area contributed by atoms with Crippen LogP contribution in [-0.4, -0.2) is 61.3 Å². The molecule has 1 aliphatic heterocycles. The maximum Gasteiger partial charge on any atom is 0.153 e. The summed E-state index contributed by atoms with van der Waals surface area (Å²) in [5.41, 5.74) is 4.19. The molecule has 3 aromatic rings. The summed E-state index contributed by atoms with van der Waals surface area (Å²) < 4.78 is 5.20. The van der Waals surface area contributed by atoms with Gasteiger partial charge in [-0.05, 0) is 79.5 Å². The summed E-state index contributed by atoms with van der Waals surface area (Å²) in [4.78, 5) is 15.0. The number of rotatable bonds is 12. The van der Waals surface area contributed by atoms with Crippen molar-refractivity contribution in [2.75, 3.05) is 55.5 Å². The van der Waals surface area contributed by atoms with Gasteiger partial charge in [0.15, 0.2) is 6.29 Å². The Bertz CT molecular complexity index is 1130. The summed E-state index contributed by atoms with van der Waals surface area (Å²) in [6, 6.07) is 21.9. The number of aldehydes is 1. The number of likely N-dealkylation sites (N-methyl/N-ethyl adjacent to an activating group) is 1. The fourth-order valence-corrected chi connectivity index (χ4v) is 5.35. The summed E-state index contributed by atoms with van der Waals surface area (Å²) in [5.74, 6) is 1.89. The van der Waals surface area contributed by atoms with Crippen LogP contribution in [0.25, 0.3) is 0 Å². The molecule has 9 heteroatoms. The van der Waals surface area contributed by atoms with E-state index in [-0.39, 0.29) is 5.50 Å². The minimum atomic E-state index is -0.985. The molecule has 0 bridgehead atoms. The number of carbonyl (C=O) groups excluding carboxylic acids is 1. The van der Waals surface area contributed by atoms with Crippen molar-refractivity contribution >= 4 is 46.9 Å². The molecule has 204 valence electrons. The number of carbonyl (C=O) groups is 1. The van der Waals surface area contributed by atoms with Gasteiger partial charge in [-0.25, -0.2) is 0 Å². The third-order valence-corrected chi connectivity index (χ3v) is 7.88. The summed E-state index contributed by atoms with van der Waals surface area (Å²) in [5, 5.41) is 19.7. The zero-order valence-electron chi connectivity index (χ0n) is 22.4. The van der Waals surface area contributed by atoms with Gasteiger partial charge in [0.1, 0.15) is 17.4 Å². The van der Waals surface area contributed by atoms with Crippen molar-refractivity contribution < 1.29 is 14.6 Å². The lowest BCUT2D eigenvalue weighted by Crippen LogP contribution is -2.24. The minimum Gasteiger partial charge on any atom is -0.497 e. The van der Waals surface area contributed by atoms with Gasteiger partial charge in [0.05, 0.1) is 12.8 Å². The van der Waals surface area contributed by atoms with Crippen molar-refractivity contribution in [3.05, 3.63) is 72.3 Å². The molecule has 0 aromatic heterocycles. The van der Waals surface area contributed by atoms with Gasteiger partial charge >= 0.3 is 0 Å². The van der Waals surface area contributed by atoms with Crippen molar-refractivity contribution in [2.45, 2.75) is 35.2 Å². The molecule has 0 radical (unpaired) electrons. The zero-order chi connectivity index (χ0) is 27.3. The first-order valence-electron chi connectivity index (χ1n) is 12.7. The molecule has 0 saturated heterocycles. The number of benzene rings is 3. The van der Waals surface area contributed by atoms with E-state index in [1.165, 1.54) is 16.3 Å². The van der Waals surface area contributed by atoms with E-state index in [4.69, 9.17) is 4.74 Å². The Morgan fingerprint density at radius 1 is 1.11 bits per heavy atom. The van der Waals surface area contributed by atoms with Crippen molar-refractivity contribution in [2.24, 2.45) is 0 Å². The number of anilines is 3. The predicted molar refractivity (Wildman–Crippen MR) is 162 cm³/mol. The van der Waals surface area contributed by atoms with Crippen LogP contribution in [0.3, 0.4) is 0 Å². The highest BCUT2D eigenvalue weighted by Crippen LogP contribution is 2.40. The number of hydrogen-bond donors (Lipinski definition) is 4. The molecule has 2 atom stereocenters. The van der Waals surface area contributed by atoms with Gasteiger partial charge < -0.3 is 35.5 Å². The fourth-order valence-electron chi connectivity index (χ4n) is 3.61. The highest BCUT2D eigenvalue weighted by atomic mass is 32.2. The second-order valence-corrected chi connectivity index (χ2v) is 11.1. The number of aliphatic hydroxyl groups excluding tert-OH is 1. The SMILES string of the molecule is CCN(C)CCNc1ccc2c(c1)SC(Nc1ccc(OC)cc1)N2.CCSc1ccc(C(O)C=O)cc1. The lowest BCUT2D eigenvalue weighted by molar-refractivity contribution is -0.115. The molecule has 0 amide bonds. The molecule has 0 spiro atoms. The molecule has 3 aromatic carbocycles. The van der Waals surface area contributed by atoms with Crippen LogP contribution in [0.1, 0.15) is 25.5 Å². The quantitative estimate of drug-likeness (QED) is 0.159. The number of hydrogen-bond acceptors (Lipinski definition) is 9. The lowest BCUT2D eigenvalue weighted by atomic mass is 10.1. The monoisotopic (exact) mass is 554 g/mol. The highest BCUT2D eigenvalue weighted by molar-refractivity contribution is 8.00. The van der Waals surface area contributed by atoms with Gasteiger partial charge in [-0.1, -0.05) is 37.7 Å². The molecular formula is C29H38N4O3S2. The number of nitrogens with one attached hydrogen (secondary N) is 3. The largest absolute Gasteiger partial charge is 0.497 e. The van der Waals surface area contributed by atoms with Crippen LogP contribution in [0.2, 0.25) is 0 Å².